The van der Waals surface area contributed by atoms with Crippen LogP contribution in [0.25, 0.3) is 0 Å². The number of hydrogen-bond donors (Lipinski definition) is 1. The summed E-state index contributed by atoms with van der Waals surface area (Å²) in [6.07, 6.45) is -0.333. The summed E-state index contributed by atoms with van der Waals surface area (Å²) in [5.41, 5.74) is -1.13. The van der Waals surface area contributed by atoms with Gasteiger partial charge in [-0.3, -0.25) is 14.4 Å². The van der Waals surface area contributed by atoms with Gasteiger partial charge in [0.15, 0.2) is 5.78 Å². The van der Waals surface area contributed by atoms with Crippen molar-refractivity contribution in [3.8, 4) is 5.75 Å². The predicted octanol–water partition coefficient (Wildman–Crippen LogP) is 1.86. The summed E-state index contributed by atoms with van der Waals surface area (Å²) in [6.45, 7) is 4.94. The first-order chi connectivity index (χ1) is 12.8. The van der Waals surface area contributed by atoms with Crippen molar-refractivity contribution < 1.29 is 33.7 Å². The first-order valence-corrected chi connectivity index (χ1v) is 8.99. The summed E-state index contributed by atoms with van der Waals surface area (Å²) >= 11 is 0. The highest BCUT2D eigenvalue weighted by molar-refractivity contribution is 6.02. The first-order valence-electron chi connectivity index (χ1n) is 8.99. The van der Waals surface area contributed by atoms with Crippen molar-refractivity contribution in [2.45, 2.75) is 38.7 Å². The molecular formula is C20H26O7. The highest BCUT2D eigenvalue weighted by Crippen LogP contribution is 2.47. The van der Waals surface area contributed by atoms with Crippen LogP contribution in [0.2, 0.25) is 0 Å². The quantitative estimate of drug-likeness (QED) is 0.596. The van der Waals surface area contributed by atoms with Crippen molar-refractivity contribution in [3.63, 3.8) is 0 Å². The molecule has 148 valence electrons. The normalized spacial score (nSPS) is 27.7. The van der Waals surface area contributed by atoms with Gasteiger partial charge < -0.3 is 19.3 Å². The Labute approximate surface area is 158 Å². The second kappa shape index (κ2) is 8.52. The molecule has 0 radical (unpaired) electrons. The lowest BCUT2D eigenvalue weighted by atomic mass is 9.61. The first kappa shape index (κ1) is 20.9. The number of methoxy groups -OCH3 is 1. The highest BCUT2D eigenvalue weighted by atomic mass is 16.5. The lowest BCUT2D eigenvalue weighted by molar-refractivity contribution is -0.172. The Bertz CT molecular complexity index is 710. The van der Waals surface area contributed by atoms with Crippen molar-refractivity contribution in [3.05, 3.63) is 29.8 Å². The van der Waals surface area contributed by atoms with Crippen LogP contribution in [-0.2, 0) is 23.9 Å². The molecule has 0 saturated heterocycles. The van der Waals surface area contributed by atoms with Crippen molar-refractivity contribution >= 4 is 17.7 Å². The number of rotatable bonds is 6. The summed E-state index contributed by atoms with van der Waals surface area (Å²) < 4.78 is 15.5. The SMILES string of the molecule is CCOC(=O)[C@@H]1C(=O)C[C@@](C)(O)[C@H](C(=O)OCC)[C@@H]1c1cccc(OC)c1. The number of carbonyl (C=O) groups excluding carboxylic acids is 3. The molecule has 7 heteroatoms. The van der Waals surface area contributed by atoms with Crippen LogP contribution in [0.15, 0.2) is 24.3 Å². The third-order valence-electron chi connectivity index (χ3n) is 4.83. The molecule has 27 heavy (non-hydrogen) atoms. The zero-order valence-electron chi connectivity index (χ0n) is 16.1. The van der Waals surface area contributed by atoms with E-state index in [0.29, 0.717) is 11.3 Å². The van der Waals surface area contributed by atoms with Crippen molar-refractivity contribution in [1.82, 2.24) is 0 Å². The van der Waals surface area contributed by atoms with E-state index in [2.05, 4.69) is 0 Å². The lowest BCUT2D eigenvalue weighted by Gasteiger charge is -2.43. The Morgan fingerprint density at radius 2 is 1.81 bits per heavy atom. The summed E-state index contributed by atoms with van der Waals surface area (Å²) in [6, 6.07) is 6.76. The van der Waals surface area contributed by atoms with Crippen LogP contribution in [0.4, 0.5) is 0 Å². The zero-order chi connectivity index (χ0) is 20.2. The molecule has 4 atom stereocenters. The third kappa shape index (κ3) is 4.30. The Morgan fingerprint density at radius 1 is 1.19 bits per heavy atom. The number of hydrogen-bond acceptors (Lipinski definition) is 7. The van der Waals surface area contributed by atoms with Crippen LogP contribution >= 0.6 is 0 Å². The number of esters is 2. The molecule has 0 aromatic heterocycles. The van der Waals surface area contributed by atoms with Crippen LogP contribution in [0.1, 0.15) is 38.7 Å². The van der Waals surface area contributed by atoms with E-state index in [1.807, 2.05) is 0 Å². The standard InChI is InChI=1S/C20H26O7/c1-5-26-18(22)16-14(21)11-20(3,24)17(19(23)27-6-2)15(16)12-8-7-9-13(10-12)25-4/h7-10,15-17,24H,5-6,11H2,1-4H3/t15-,16-,17+,20-/m1/s1. The second-order valence-corrected chi connectivity index (χ2v) is 6.76. The van der Waals surface area contributed by atoms with E-state index < -0.39 is 41.1 Å². The molecule has 2 rings (SSSR count). The Hall–Kier alpha value is -2.41. The molecule has 1 aliphatic rings. The van der Waals surface area contributed by atoms with E-state index in [0.717, 1.165) is 0 Å². The number of ketones is 1. The molecule has 0 aliphatic heterocycles. The molecule has 1 fully saturated rings. The van der Waals surface area contributed by atoms with E-state index in [1.165, 1.54) is 14.0 Å². The second-order valence-electron chi connectivity index (χ2n) is 6.76. The molecule has 0 unspecified atom stereocenters. The maximum absolute atomic E-state index is 12.7. The van der Waals surface area contributed by atoms with Crippen LogP contribution in [-0.4, -0.2) is 48.8 Å². The van der Waals surface area contributed by atoms with Crippen molar-refractivity contribution in [2.75, 3.05) is 20.3 Å². The minimum Gasteiger partial charge on any atom is -0.497 e. The average molecular weight is 378 g/mol. The van der Waals surface area contributed by atoms with Gasteiger partial charge in [-0.05, 0) is 38.5 Å². The van der Waals surface area contributed by atoms with Crippen LogP contribution in [0.5, 0.6) is 5.75 Å². The van der Waals surface area contributed by atoms with E-state index in [4.69, 9.17) is 14.2 Å². The van der Waals surface area contributed by atoms with Gasteiger partial charge in [0.05, 0.1) is 31.8 Å². The number of Topliss-reactive ketones (excluding diaryl/α,β-unsaturated/α-hetero) is 1. The zero-order valence-corrected chi connectivity index (χ0v) is 16.1. The molecule has 1 N–H and O–H groups in total. The third-order valence-corrected chi connectivity index (χ3v) is 4.83. The fourth-order valence-electron chi connectivity index (χ4n) is 3.73. The van der Waals surface area contributed by atoms with E-state index in [1.54, 1.807) is 38.1 Å². The Kier molecular flexibility index (Phi) is 6.59. The van der Waals surface area contributed by atoms with Crippen molar-refractivity contribution in [2.24, 2.45) is 11.8 Å². The number of benzene rings is 1. The smallest absolute Gasteiger partial charge is 0.317 e. The molecule has 0 spiro atoms. The summed E-state index contributed by atoms with van der Waals surface area (Å²) in [5, 5.41) is 10.9. The molecule has 1 aliphatic carbocycles. The molecule has 1 saturated carbocycles. The van der Waals surface area contributed by atoms with Gasteiger partial charge in [0.1, 0.15) is 11.7 Å². The van der Waals surface area contributed by atoms with Crippen molar-refractivity contribution in [1.29, 1.82) is 0 Å². The number of aliphatic hydroxyl groups is 1. The van der Waals surface area contributed by atoms with E-state index in [-0.39, 0.29) is 19.6 Å². The maximum atomic E-state index is 12.7. The Balaban J connectivity index is 2.63. The van der Waals surface area contributed by atoms with Crippen LogP contribution in [0, 0.1) is 11.8 Å². The molecule has 7 nitrogen and oxygen atoms in total. The molecule has 0 amide bonds. The minimum absolute atomic E-state index is 0.105. The van der Waals surface area contributed by atoms with Crippen LogP contribution < -0.4 is 4.74 Å². The van der Waals surface area contributed by atoms with Gasteiger partial charge in [-0.1, -0.05) is 12.1 Å². The fraction of sp³-hybridized carbons (Fsp3) is 0.550. The van der Waals surface area contributed by atoms with E-state index >= 15 is 0 Å². The van der Waals surface area contributed by atoms with Gasteiger partial charge in [-0.2, -0.15) is 0 Å². The summed E-state index contributed by atoms with van der Waals surface area (Å²) in [7, 11) is 1.49. The van der Waals surface area contributed by atoms with Gasteiger partial charge in [-0.15, -0.1) is 0 Å². The molecule has 1 aromatic rings. The van der Waals surface area contributed by atoms with Gasteiger partial charge in [0, 0.05) is 12.3 Å². The molecule has 0 heterocycles. The fourth-order valence-corrected chi connectivity index (χ4v) is 3.73. The minimum atomic E-state index is -1.65. The van der Waals surface area contributed by atoms with Gasteiger partial charge in [0.25, 0.3) is 0 Å². The largest absolute Gasteiger partial charge is 0.497 e. The topological polar surface area (TPSA) is 99.1 Å². The predicted molar refractivity (Wildman–Crippen MR) is 96.2 cm³/mol. The number of ether oxygens (including phenoxy) is 3. The molecule has 1 aromatic carbocycles. The van der Waals surface area contributed by atoms with Gasteiger partial charge >= 0.3 is 11.9 Å². The molecular weight excluding hydrogens is 352 g/mol. The van der Waals surface area contributed by atoms with Gasteiger partial charge in [-0.25, -0.2) is 0 Å². The monoisotopic (exact) mass is 378 g/mol. The average Bonchev–Trinajstić information content (AvgIpc) is 2.60. The summed E-state index contributed by atoms with van der Waals surface area (Å²) in [4.78, 5) is 38.0. The Morgan fingerprint density at radius 3 is 2.41 bits per heavy atom. The number of carbonyl (C=O) groups is 3. The molecule has 0 bridgehead atoms. The van der Waals surface area contributed by atoms with Gasteiger partial charge in [0.2, 0.25) is 0 Å². The summed E-state index contributed by atoms with van der Waals surface area (Å²) in [5.74, 6) is -4.54. The lowest BCUT2D eigenvalue weighted by Crippen LogP contribution is -2.55. The maximum Gasteiger partial charge on any atom is 0.317 e. The van der Waals surface area contributed by atoms with Crippen LogP contribution in [0.3, 0.4) is 0 Å². The van der Waals surface area contributed by atoms with E-state index in [9.17, 15) is 19.5 Å². The highest BCUT2D eigenvalue weighted by Gasteiger charge is 2.57.